The molecule has 10 nitrogen and oxygen atoms in total. The predicted octanol–water partition coefficient (Wildman–Crippen LogP) is 3.85. The van der Waals surface area contributed by atoms with E-state index in [0.29, 0.717) is 29.3 Å². The van der Waals surface area contributed by atoms with Gasteiger partial charge in [-0.3, -0.25) is 14.5 Å². The topological polar surface area (TPSA) is 116 Å². The van der Waals surface area contributed by atoms with Gasteiger partial charge in [0, 0.05) is 31.0 Å². The van der Waals surface area contributed by atoms with Crippen LogP contribution in [0.5, 0.6) is 0 Å². The number of aromatic nitrogens is 3. The second kappa shape index (κ2) is 12.1. The average Bonchev–Trinajstić information content (AvgIpc) is 3.26. The third kappa shape index (κ3) is 6.35. The fourth-order valence-corrected chi connectivity index (χ4v) is 4.11. The standard InChI is InChI=1S/C29H32N7O3/c1-5-39-27(37)15-17-36(25-8-6-7-16-31-25)29(38)21-11-14-24-23(18-21)33-26(35(24)4)19-32-22-12-9-20(10-13-22)28(30)34(2)3/h6-14,16,18,30,32H,2,5,15,17,19H2,1,3-4H3/q+1. The summed E-state index contributed by atoms with van der Waals surface area (Å²) in [7, 11) is 3.67. The van der Waals surface area contributed by atoms with Gasteiger partial charge in [0.1, 0.15) is 11.6 Å². The molecular weight excluding hydrogens is 494 g/mol. The van der Waals surface area contributed by atoms with Gasteiger partial charge in [-0.2, -0.15) is 0 Å². The zero-order chi connectivity index (χ0) is 27.9. The van der Waals surface area contributed by atoms with Gasteiger partial charge in [-0.15, -0.1) is 0 Å². The second-order valence-electron chi connectivity index (χ2n) is 8.97. The van der Waals surface area contributed by atoms with E-state index in [1.54, 1.807) is 50.5 Å². The van der Waals surface area contributed by atoms with E-state index < -0.39 is 0 Å². The highest BCUT2D eigenvalue weighted by Gasteiger charge is 2.21. The van der Waals surface area contributed by atoms with Crippen molar-refractivity contribution in [3.05, 3.63) is 83.8 Å². The number of carbonyl (C=O) groups is 2. The molecule has 0 atom stereocenters. The molecule has 0 radical (unpaired) electrons. The molecule has 0 saturated carbocycles. The number of pyridine rings is 1. The highest BCUT2D eigenvalue weighted by molar-refractivity contribution is 6.07. The zero-order valence-electron chi connectivity index (χ0n) is 22.3. The summed E-state index contributed by atoms with van der Waals surface area (Å²) in [6.07, 6.45) is 1.67. The van der Waals surface area contributed by atoms with E-state index in [2.05, 4.69) is 17.0 Å². The highest BCUT2D eigenvalue weighted by atomic mass is 16.5. The second-order valence-corrected chi connectivity index (χ2v) is 8.97. The van der Waals surface area contributed by atoms with Crippen LogP contribution in [0.1, 0.15) is 35.1 Å². The van der Waals surface area contributed by atoms with Gasteiger partial charge in [-0.1, -0.05) is 11.5 Å². The molecule has 200 valence electrons. The van der Waals surface area contributed by atoms with Gasteiger partial charge in [0.05, 0.1) is 49.9 Å². The van der Waals surface area contributed by atoms with Crippen LogP contribution in [0, 0.1) is 5.41 Å². The Bertz CT molecular complexity index is 1510. The molecule has 39 heavy (non-hydrogen) atoms. The number of hydrogen-bond acceptors (Lipinski definition) is 7. The molecule has 2 N–H and O–H groups in total. The van der Waals surface area contributed by atoms with Gasteiger partial charge in [0.25, 0.3) is 5.91 Å². The van der Waals surface area contributed by atoms with Crippen LogP contribution < -0.4 is 10.2 Å². The van der Waals surface area contributed by atoms with E-state index in [9.17, 15) is 9.59 Å². The van der Waals surface area contributed by atoms with E-state index in [1.165, 1.54) is 9.48 Å². The monoisotopic (exact) mass is 526 g/mol. The summed E-state index contributed by atoms with van der Waals surface area (Å²) in [5, 5.41) is 11.4. The molecule has 2 aromatic heterocycles. The first-order valence-corrected chi connectivity index (χ1v) is 12.6. The number of aryl methyl sites for hydroxylation is 1. The van der Waals surface area contributed by atoms with E-state index in [-0.39, 0.29) is 31.4 Å². The first-order chi connectivity index (χ1) is 18.8. The first kappa shape index (κ1) is 27.2. The summed E-state index contributed by atoms with van der Waals surface area (Å²) in [5.41, 5.74) is 3.70. The number of anilines is 2. The van der Waals surface area contributed by atoms with Gasteiger partial charge < -0.3 is 14.6 Å². The molecule has 0 unspecified atom stereocenters. The SMILES string of the molecule is C=[N+](C)C(=N)c1ccc(NCc2nc3cc(C(=O)N(CCC(=O)OCC)c4ccccn4)ccc3n2C)cc1. The lowest BCUT2D eigenvalue weighted by molar-refractivity contribution is -0.360. The molecule has 10 heteroatoms. The Hall–Kier alpha value is -4.86. The fraction of sp³-hybridized carbons (Fsp3) is 0.241. The number of benzene rings is 2. The van der Waals surface area contributed by atoms with Crippen molar-refractivity contribution in [1.29, 1.82) is 5.41 Å². The molecule has 0 bridgehead atoms. The Labute approximate surface area is 227 Å². The summed E-state index contributed by atoms with van der Waals surface area (Å²) >= 11 is 0. The van der Waals surface area contributed by atoms with Crippen molar-refractivity contribution < 1.29 is 18.9 Å². The zero-order valence-corrected chi connectivity index (χ0v) is 22.3. The summed E-state index contributed by atoms with van der Waals surface area (Å²) in [5.74, 6) is 0.952. The number of hydrogen-bond donors (Lipinski definition) is 2. The van der Waals surface area contributed by atoms with E-state index >= 15 is 0 Å². The normalized spacial score (nSPS) is 10.7. The molecule has 0 fully saturated rings. The first-order valence-electron chi connectivity index (χ1n) is 12.6. The third-order valence-corrected chi connectivity index (χ3v) is 6.23. The van der Waals surface area contributed by atoms with Crippen LogP contribution in [0.4, 0.5) is 11.5 Å². The van der Waals surface area contributed by atoms with Gasteiger partial charge in [0.2, 0.25) is 0 Å². The Morgan fingerprint density at radius 2 is 1.87 bits per heavy atom. The molecule has 2 heterocycles. The molecule has 0 saturated heterocycles. The Morgan fingerprint density at radius 3 is 2.54 bits per heavy atom. The average molecular weight is 527 g/mol. The van der Waals surface area contributed by atoms with E-state index in [1.807, 2.05) is 41.9 Å². The van der Waals surface area contributed by atoms with Crippen molar-refractivity contribution in [2.45, 2.75) is 19.9 Å². The van der Waals surface area contributed by atoms with E-state index in [0.717, 1.165) is 22.6 Å². The summed E-state index contributed by atoms with van der Waals surface area (Å²) in [6, 6.07) is 18.3. The maximum Gasteiger partial charge on any atom is 0.321 e. The number of imidazole rings is 1. The van der Waals surface area contributed by atoms with Gasteiger partial charge in [-0.05, 0) is 61.5 Å². The lowest BCUT2D eigenvalue weighted by Crippen LogP contribution is -2.34. The van der Waals surface area contributed by atoms with E-state index in [4.69, 9.17) is 15.1 Å². The minimum atomic E-state index is -0.369. The van der Waals surface area contributed by atoms with Crippen LogP contribution in [0.25, 0.3) is 11.0 Å². The van der Waals surface area contributed by atoms with Crippen LogP contribution in [0.15, 0.2) is 66.9 Å². The van der Waals surface area contributed by atoms with Crippen LogP contribution >= 0.6 is 0 Å². The van der Waals surface area contributed by atoms with Crippen molar-refractivity contribution >= 4 is 47.0 Å². The van der Waals surface area contributed by atoms with Crippen LogP contribution in [-0.2, 0) is 23.1 Å². The molecular formula is C29H32N7O3+. The number of rotatable bonds is 10. The number of amidine groups is 1. The van der Waals surface area contributed by atoms with Crippen LogP contribution in [0.2, 0.25) is 0 Å². The van der Waals surface area contributed by atoms with Crippen molar-refractivity contribution in [3.63, 3.8) is 0 Å². The number of carbonyl (C=O) groups excluding carboxylic acids is 2. The number of amides is 1. The maximum absolute atomic E-state index is 13.5. The Kier molecular flexibility index (Phi) is 8.45. The lowest BCUT2D eigenvalue weighted by Gasteiger charge is -2.21. The molecule has 2 aromatic carbocycles. The maximum atomic E-state index is 13.5. The molecule has 1 amide bonds. The van der Waals surface area contributed by atoms with Crippen molar-refractivity contribution in [2.75, 3.05) is 30.4 Å². The molecule has 4 rings (SSSR count). The Morgan fingerprint density at radius 1 is 1.13 bits per heavy atom. The summed E-state index contributed by atoms with van der Waals surface area (Å²) < 4.78 is 8.53. The van der Waals surface area contributed by atoms with Crippen molar-refractivity contribution in [1.82, 2.24) is 14.5 Å². The number of ether oxygens (including phenoxy) is 1. The smallest absolute Gasteiger partial charge is 0.321 e. The molecule has 4 aromatic rings. The quantitative estimate of drug-likeness (QED) is 0.140. The summed E-state index contributed by atoms with van der Waals surface area (Å²) in [6.45, 7) is 6.40. The minimum absolute atomic E-state index is 0.0615. The minimum Gasteiger partial charge on any atom is -0.466 e. The Balaban J connectivity index is 1.52. The van der Waals surface area contributed by atoms with Gasteiger partial charge in [0.15, 0.2) is 0 Å². The number of esters is 1. The van der Waals surface area contributed by atoms with Gasteiger partial charge in [-0.25, -0.2) is 14.5 Å². The van der Waals surface area contributed by atoms with Crippen LogP contribution in [-0.4, -0.2) is 63.7 Å². The predicted molar refractivity (Wildman–Crippen MR) is 152 cm³/mol. The van der Waals surface area contributed by atoms with Crippen molar-refractivity contribution in [2.24, 2.45) is 7.05 Å². The van der Waals surface area contributed by atoms with Crippen LogP contribution in [0.3, 0.4) is 0 Å². The highest BCUT2D eigenvalue weighted by Crippen LogP contribution is 2.21. The number of nitrogens with one attached hydrogen (secondary N) is 2. The van der Waals surface area contributed by atoms with Crippen molar-refractivity contribution in [3.8, 4) is 0 Å². The fourth-order valence-electron chi connectivity index (χ4n) is 4.11. The third-order valence-electron chi connectivity index (χ3n) is 6.23. The molecule has 0 spiro atoms. The number of fused-ring (bicyclic) bond motifs is 1. The molecule has 0 aliphatic carbocycles. The number of nitrogens with zero attached hydrogens (tertiary/aromatic N) is 5. The van der Waals surface area contributed by atoms with Gasteiger partial charge >= 0.3 is 11.8 Å². The lowest BCUT2D eigenvalue weighted by atomic mass is 10.1. The summed E-state index contributed by atoms with van der Waals surface area (Å²) in [4.78, 5) is 36.1. The molecule has 0 aliphatic heterocycles. The molecule has 0 aliphatic rings. The largest absolute Gasteiger partial charge is 0.466 e.